The van der Waals surface area contributed by atoms with Gasteiger partial charge in [-0.2, -0.15) is 13.5 Å². The highest BCUT2D eigenvalue weighted by Crippen LogP contribution is 2.13. The van der Waals surface area contributed by atoms with Gasteiger partial charge < -0.3 is 10.0 Å². The van der Waals surface area contributed by atoms with Crippen molar-refractivity contribution in [2.24, 2.45) is 5.10 Å². The van der Waals surface area contributed by atoms with E-state index in [0.717, 1.165) is 31.6 Å². The molecule has 0 saturated carbocycles. The number of carboxylic acid groups (broad SMARTS) is 1. The second-order valence-electron chi connectivity index (χ2n) is 5.75. The lowest BCUT2D eigenvalue weighted by atomic mass is 10.1. The molecule has 10 heteroatoms. The van der Waals surface area contributed by atoms with E-state index in [-0.39, 0.29) is 5.56 Å². The van der Waals surface area contributed by atoms with Crippen LogP contribution in [0, 0.1) is 0 Å². The fraction of sp³-hybridized carbons (Fsp3) is 0.467. The molecule has 4 N–H and O–H groups in total. The van der Waals surface area contributed by atoms with Gasteiger partial charge in [0.1, 0.15) is 0 Å². The number of carbonyl (C=O) groups is 1. The lowest BCUT2D eigenvalue weighted by Gasteiger charge is -2.30. The number of likely N-dealkylation sites (tertiary alicyclic amines) is 1. The van der Waals surface area contributed by atoms with E-state index in [0.29, 0.717) is 6.04 Å². The van der Waals surface area contributed by atoms with Crippen LogP contribution in [0.4, 0.5) is 5.69 Å². The van der Waals surface area contributed by atoms with Crippen LogP contribution >= 0.6 is 0 Å². The minimum atomic E-state index is -4.67. The lowest BCUT2D eigenvalue weighted by Crippen LogP contribution is -2.38. The molecule has 2 rings (SSSR count). The van der Waals surface area contributed by atoms with Crippen LogP contribution in [0.15, 0.2) is 29.4 Å². The molecular formula is C15H23N3O6S. The third kappa shape index (κ3) is 9.15. The van der Waals surface area contributed by atoms with Gasteiger partial charge in [-0.15, -0.1) is 0 Å². The van der Waals surface area contributed by atoms with Gasteiger partial charge in [0.15, 0.2) is 0 Å². The average Bonchev–Trinajstić information content (AvgIpc) is 2.52. The second-order valence-corrected chi connectivity index (χ2v) is 6.65. The van der Waals surface area contributed by atoms with Crippen molar-refractivity contribution in [3.05, 3.63) is 29.8 Å². The highest BCUT2D eigenvalue weighted by atomic mass is 32.3. The Kier molecular flexibility index (Phi) is 7.97. The van der Waals surface area contributed by atoms with Crippen molar-refractivity contribution in [2.75, 3.05) is 18.5 Å². The maximum Gasteiger partial charge on any atom is 0.394 e. The standard InChI is InChI=1S/C15H21N3O2.H2O4S/c1-11(2)18-9-7-14(8-10-18)17-16-13-5-3-12(4-6-13)15(19)20;1-5(2,3)4/h3-6,11,16H,7-10H2,1-2H3,(H,19,20);(H2,1,2,3,4). The van der Waals surface area contributed by atoms with Crippen LogP contribution in [0.25, 0.3) is 0 Å². The second kappa shape index (κ2) is 9.47. The first-order valence-corrected chi connectivity index (χ1v) is 9.04. The number of hydrazone groups is 1. The summed E-state index contributed by atoms with van der Waals surface area (Å²) in [6.07, 6.45) is 1.97. The predicted octanol–water partition coefficient (Wildman–Crippen LogP) is 2.00. The summed E-state index contributed by atoms with van der Waals surface area (Å²) < 4.78 is 31.6. The van der Waals surface area contributed by atoms with Gasteiger partial charge in [-0.25, -0.2) is 4.79 Å². The maximum atomic E-state index is 10.8. The van der Waals surface area contributed by atoms with Gasteiger partial charge in [-0.05, 0) is 38.1 Å². The molecule has 1 heterocycles. The molecule has 1 fully saturated rings. The zero-order valence-corrected chi connectivity index (χ0v) is 14.9. The number of hydrogen-bond acceptors (Lipinski definition) is 6. The van der Waals surface area contributed by atoms with Gasteiger partial charge in [0.2, 0.25) is 0 Å². The number of hydrogen-bond donors (Lipinski definition) is 4. The number of piperidine rings is 1. The van der Waals surface area contributed by atoms with E-state index in [1.54, 1.807) is 24.3 Å². The van der Waals surface area contributed by atoms with Crippen LogP contribution in [-0.4, -0.2) is 58.3 Å². The van der Waals surface area contributed by atoms with Crippen LogP contribution < -0.4 is 5.43 Å². The molecule has 1 aliphatic rings. The van der Waals surface area contributed by atoms with E-state index >= 15 is 0 Å². The van der Waals surface area contributed by atoms with Crippen LogP contribution in [0.1, 0.15) is 37.0 Å². The Bertz CT molecular complexity index is 682. The molecule has 0 atom stereocenters. The van der Waals surface area contributed by atoms with Crippen LogP contribution in [0.3, 0.4) is 0 Å². The summed E-state index contributed by atoms with van der Waals surface area (Å²) in [4.78, 5) is 13.2. The topological polar surface area (TPSA) is 140 Å². The van der Waals surface area contributed by atoms with Crippen molar-refractivity contribution in [3.8, 4) is 0 Å². The first-order valence-electron chi connectivity index (χ1n) is 7.65. The summed E-state index contributed by atoms with van der Waals surface area (Å²) in [6, 6.07) is 7.21. The summed E-state index contributed by atoms with van der Waals surface area (Å²) in [5.41, 5.74) is 5.27. The van der Waals surface area contributed by atoms with Gasteiger partial charge in [0.25, 0.3) is 0 Å². The molecule has 9 nitrogen and oxygen atoms in total. The van der Waals surface area contributed by atoms with Crippen molar-refractivity contribution in [3.63, 3.8) is 0 Å². The predicted molar refractivity (Wildman–Crippen MR) is 94.6 cm³/mol. The number of nitrogens with zero attached hydrogens (tertiary/aromatic N) is 2. The highest BCUT2D eigenvalue weighted by molar-refractivity contribution is 7.79. The van der Waals surface area contributed by atoms with E-state index < -0.39 is 16.4 Å². The Balaban J connectivity index is 0.000000550. The number of rotatable bonds is 4. The Labute approximate surface area is 146 Å². The maximum absolute atomic E-state index is 10.8. The van der Waals surface area contributed by atoms with Crippen LogP contribution in [-0.2, 0) is 10.4 Å². The van der Waals surface area contributed by atoms with E-state index in [4.69, 9.17) is 22.6 Å². The zero-order valence-electron chi connectivity index (χ0n) is 14.1. The van der Waals surface area contributed by atoms with Crippen molar-refractivity contribution >= 4 is 27.8 Å². The van der Waals surface area contributed by atoms with Gasteiger partial charge in [0.05, 0.1) is 11.3 Å². The molecule has 0 unspecified atom stereocenters. The van der Waals surface area contributed by atoms with Gasteiger partial charge in [-0.1, -0.05) is 0 Å². The van der Waals surface area contributed by atoms with Crippen molar-refractivity contribution in [1.29, 1.82) is 0 Å². The van der Waals surface area contributed by atoms with Crippen LogP contribution in [0.5, 0.6) is 0 Å². The quantitative estimate of drug-likeness (QED) is 0.464. The molecule has 1 aromatic rings. The monoisotopic (exact) mass is 373 g/mol. The molecule has 0 spiro atoms. The van der Waals surface area contributed by atoms with Crippen molar-refractivity contribution < 1.29 is 27.4 Å². The molecule has 140 valence electrons. The third-order valence-electron chi connectivity index (χ3n) is 3.58. The number of nitrogens with one attached hydrogen (secondary N) is 1. The molecule has 0 aliphatic carbocycles. The average molecular weight is 373 g/mol. The first-order chi connectivity index (χ1) is 11.6. The van der Waals surface area contributed by atoms with Gasteiger partial charge in [0, 0.05) is 37.7 Å². The number of carboxylic acids is 1. The van der Waals surface area contributed by atoms with E-state index in [2.05, 4.69) is 29.3 Å². The Morgan fingerprint density at radius 1 is 1.16 bits per heavy atom. The molecule has 1 saturated heterocycles. The molecule has 1 aliphatic heterocycles. The van der Waals surface area contributed by atoms with E-state index in [1.165, 1.54) is 5.71 Å². The summed E-state index contributed by atoms with van der Waals surface area (Å²) in [6.45, 7) is 6.53. The Morgan fingerprint density at radius 2 is 1.64 bits per heavy atom. The molecule has 0 bridgehead atoms. The van der Waals surface area contributed by atoms with Crippen LogP contribution in [0.2, 0.25) is 0 Å². The summed E-state index contributed by atoms with van der Waals surface area (Å²) in [5.74, 6) is -0.913. The first kappa shape index (κ1) is 21.0. The van der Waals surface area contributed by atoms with Crippen molar-refractivity contribution in [2.45, 2.75) is 32.7 Å². The highest BCUT2D eigenvalue weighted by Gasteiger charge is 2.16. The Hall–Kier alpha value is -2.01. The molecule has 1 aromatic carbocycles. The Morgan fingerprint density at radius 3 is 2.04 bits per heavy atom. The minimum Gasteiger partial charge on any atom is -0.478 e. The smallest absolute Gasteiger partial charge is 0.394 e. The minimum absolute atomic E-state index is 0.286. The molecular weight excluding hydrogens is 350 g/mol. The van der Waals surface area contributed by atoms with Gasteiger partial charge in [-0.3, -0.25) is 14.5 Å². The van der Waals surface area contributed by atoms with E-state index in [9.17, 15) is 4.79 Å². The fourth-order valence-corrected chi connectivity index (χ4v) is 2.24. The fourth-order valence-electron chi connectivity index (χ4n) is 2.24. The molecule has 0 amide bonds. The summed E-state index contributed by atoms with van der Waals surface area (Å²) in [5, 5.41) is 13.2. The normalized spacial score (nSPS) is 15.3. The van der Waals surface area contributed by atoms with E-state index in [1.807, 2.05) is 0 Å². The van der Waals surface area contributed by atoms with Crippen molar-refractivity contribution in [1.82, 2.24) is 4.90 Å². The lowest BCUT2D eigenvalue weighted by molar-refractivity contribution is 0.0697. The van der Waals surface area contributed by atoms with Gasteiger partial charge >= 0.3 is 16.4 Å². The SMILES string of the molecule is CC(C)N1CCC(=NNc2ccc(C(=O)O)cc2)CC1.O=S(=O)(O)O. The molecule has 0 aromatic heterocycles. The number of benzene rings is 1. The molecule has 25 heavy (non-hydrogen) atoms. The number of anilines is 1. The third-order valence-corrected chi connectivity index (χ3v) is 3.58. The largest absolute Gasteiger partial charge is 0.478 e. The summed E-state index contributed by atoms with van der Waals surface area (Å²) >= 11 is 0. The summed E-state index contributed by atoms with van der Waals surface area (Å²) in [7, 11) is -4.67. The zero-order chi connectivity index (χ0) is 19.0. The number of aromatic carboxylic acids is 1. The molecule has 0 radical (unpaired) electrons.